The zero-order valence-corrected chi connectivity index (χ0v) is 13.0. The molecular weight excluding hydrogens is 326 g/mol. The van der Waals surface area contributed by atoms with E-state index in [1.807, 2.05) is 12.1 Å². The minimum Gasteiger partial charge on any atom is -0.454 e. The lowest BCUT2D eigenvalue weighted by molar-refractivity contribution is -0.119. The summed E-state index contributed by atoms with van der Waals surface area (Å²) >= 11 is 0. The highest BCUT2D eigenvalue weighted by Crippen LogP contribution is 2.34. The molecule has 0 fully saturated rings. The molecule has 126 valence electrons. The van der Waals surface area contributed by atoms with E-state index in [4.69, 9.17) is 18.6 Å². The molecule has 0 saturated heterocycles. The van der Waals surface area contributed by atoms with Crippen molar-refractivity contribution in [2.24, 2.45) is 0 Å². The van der Waals surface area contributed by atoms with Gasteiger partial charge >= 0.3 is 5.97 Å². The van der Waals surface area contributed by atoms with Gasteiger partial charge in [-0.15, -0.1) is 0 Å². The van der Waals surface area contributed by atoms with E-state index < -0.39 is 18.5 Å². The lowest BCUT2D eigenvalue weighted by atomic mass is 10.2. The molecule has 25 heavy (non-hydrogen) atoms. The standard InChI is InChI=1S/C18H13NO6/c20-17(19-12-5-6-14-15(8-12)24-10-23-14)9-22-18(21)16-7-11-3-1-2-4-13(11)25-16/h1-8H,9-10H2,(H,19,20). The van der Waals surface area contributed by atoms with Crippen LogP contribution in [0.4, 0.5) is 5.69 Å². The van der Waals surface area contributed by atoms with E-state index in [1.54, 1.807) is 36.4 Å². The molecule has 0 atom stereocenters. The van der Waals surface area contributed by atoms with Crippen molar-refractivity contribution >= 4 is 28.5 Å². The topological polar surface area (TPSA) is 87.0 Å². The molecule has 7 nitrogen and oxygen atoms in total. The maximum Gasteiger partial charge on any atom is 0.374 e. The summed E-state index contributed by atoms with van der Waals surface area (Å²) in [5.74, 6) is 0.0591. The van der Waals surface area contributed by atoms with Gasteiger partial charge in [-0.2, -0.15) is 0 Å². The maximum absolute atomic E-state index is 12.0. The van der Waals surface area contributed by atoms with E-state index in [0.717, 1.165) is 5.39 Å². The van der Waals surface area contributed by atoms with Gasteiger partial charge in [-0.25, -0.2) is 4.79 Å². The summed E-state index contributed by atoms with van der Waals surface area (Å²) in [5.41, 5.74) is 1.10. The highest BCUT2D eigenvalue weighted by molar-refractivity contribution is 5.96. The molecule has 3 aromatic rings. The quantitative estimate of drug-likeness (QED) is 0.736. The molecule has 0 radical (unpaired) electrons. The van der Waals surface area contributed by atoms with Crippen LogP contribution >= 0.6 is 0 Å². The summed E-state index contributed by atoms with van der Waals surface area (Å²) in [6, 6.07) is 13.8. The molecule has 1 aliphatic rings. The van der Waals surface area contributed by atoms with Crippen LogP contribution in [0.15, 0.2) is 52.9 Å². The van der Waals surface area contributed by atoms with Crippen molar-refractivity contribution in [1.82, 2.24) is 0 Å². The minimum atomic E-state index is -0.697. The highest BCUT2D eigenvalue weighted by atomic mass is 16.7. The number of anilines is 1. The molecule has 1 amide bonds. The van der Waals surface area contributed by atoms with Crippen LogP contribution in [0.25, 0.3) is 11.0 Å². The number of para-hydroxylation sites is 1. The number of hydrogen-bond acceptors (Lipinski definition) is 6. The number of benzene rings is 2. The number of carbonyl (C=O) groups is 2. The third-order valence-electron chi connectivity index (χ3n) is 3.62. The van der Waals surface area contributed by atoms with E-state index in [9.17, 15) is 9.59 Å². The Labute approximate surface area is 142 Å². The first-order chi connectivity index (χ1) is 12.2. The van der Waals surface area contributed by atoms with Crippen molar-refractivity contribution in [2.75, 3.05) is 18.7 Å². The maximum atomic E-state index is 12.0. The number of amides is 1. The average molecular weight is 339 g/mol. The third-order valence-corrected chi connectivity index (χ3v) is 3.62. The fourth-order valence-electron chi connectivity index (χ4n) is 2.46. The van der Waals surface area contributed by atoms with Crippen LogP contribution in [0.3, 0.4) is 0 Å². The van der Waals surface area contributed by atoms with Gasteiger partial charge in [0.15, 0.2) is 18.1 Å². The number of rotatable bonds is 4. The summed E-state index contributed by atoms with van der Waals surface area (Å²) in [6.07, 6.45) is 0. The Hall–Kier alpha value is -3.48. The summed E-state index contributed by atoms with van der Waals surface area (Å²) in [5, 5.41) is 3.41. The van der Waals surface area contributed by atoms with Crippen molar-refractivity contribution in [1.29, 1.82) is 0 Å². The lowest BCUT2D eigenvalue weighted by Crippen LogP contribution is -2.20. The Balaban J connectivity index is 1.35. The molecule has 1 N–H and O–H groups in total. The van der Waals surface area contributed by atoms with E-state index in [0.29, 0.717) is 22.8 Å². The van der Waals surface area contributed by atoms with Crippen LogP contribution in [-0.2, 0) is 9.53 Å². The van der Waals surface area contributed by atoms with Crippen molar-refractivity contribution < 1.29 is 28.2 Å². The summed E-state index contributed by atoms with van der Waals surface area (Å²) < 4.78 is 20.8. The van der Waals surface area contributed by atoms with Gasteiger partial charge < -0.3 is 23.9 Å². The van der Waals surface area contributed by atoms with E-state index >= 15 is 0 Å². The predicted octanol–water partition coefficient (Wildman–Crippen LogP) is 2.96. The van der Waals surface area contributed by atoms with Crippen LogP contribution in [0, 0.1) is 0 Å². The molecule has 0 aliphatic carbocycles. The first kappa shape index (κ1) is 15.1. The van der Waals surface area contributed by atoms with Gasteiger partial charge in [0.1, 0.15) is 5.58 Å². The Morgan fingerprint density at radius 3 is 2.76 bits per heavy atom. The first-order valence-electron chi connectivity index (χ1n) is 7.54. The summed E-state index contributed by atoms with van der Waals surface area (Å²) in [7, 11) is 0. The van der Waals surface area contributed by atoms with Crippen LogP contribution in [0.2, 0.25) is 0 Å². The Morgan fingerprint density at radius 1 is 1.04 bits per heavy atom. The molecule has 7 heteroatoms. The number of ether oxygens (including phenoxy) is 3. The summed E-state index contributed by atoms with van der Waals surface area (Å²) in [6.45, 7) is -0.272. The van der Waals surface area contributed by atoms with Crippen LogP contribution in [0.1, 0.15) is 10.6 Å². The van der Waals surface area contributed by atoms with Gasteiger partial charge in [0.05, 0.1) is 0 Å². The number of fused-ring (bicyclic) bond motifs is 2. The molecule has 0 saturated carbocycles. The molecule has 2 heterocycles. The average Bonchev–Trinajstić information content (AvgIpc) is 3.25. The SMILES string of the molecule is O=C(COC(=O)c1cc2ccccc2o1)Nc1ccc2c(c1)OCO2. The zero-order valence-electron chi connectivity index (χ0n) is 13.0. The molecule has 2 aromatic carbocycles. The lowest BCUT2D eigenvalue weighted by Gasteiger charge is -2.06. The number of carbonyl (C=O) groups excluding carboxylic acids is 2. The van der Waals surface area contributed by atoms with Crippen molar-refractivity contribution in [3.05, 3.63) is 54.3 Å². The summed E-state index contributed by atoms with van der Waals surface area (Å²) in [4.78, 5) is 23.9. The Kier molecular flexibility index (Phi) is 3.74. The van der Waals surface area contributed by atoms with Gasteiger partial charge in [0.25, 0.3) is 5.91 Å². The monoisotopic (exact) mass is 339 g/mol. The van der Waals surface area contributed by atoms with Crippen LogP contribution < -0.4 is 14.8 Å². The van der Waals surface area contributed by atoms with Crippen molar-refractivity contribution in [2.45, 2.75) is 0 Å². The normalized spacial score (nSPS) is 12.2. The highest BCUT2D eigenvalue weighted by Gasteiger charge is 2.17. The van der Waals surface area contributed by atoms with E-state index in [2.05, 4.69) is 5.32 Å². The van der Waals surface area contributed by atoms with Crippen LogP contribution in [-0.4, -0.2) is 25.3 Å². The second-order valence-corrected chi connectivity index (χ2v) is 5.34. The number of esters is 1. The van der Waals surface area contributed by atoms with E-state index in [1.165, 1.54) is 0 Å². The van der Waals surface area contributed by atoms with Gasteiger partial charge in [0, 0.05) is 17.1 Å². The zero-order chi connectivity index (χ0) is 17.2. The van der Waals surface area contributed by atoms with Crippen molar-refractivity contribution in [3.63, 3.8) is 0 Å². The Morgan fingerprint density at radius 2 is 1.88 bits per heavy atom. The molecule has 4 rings (SSSR count). The molecule has 0 unspecified atom stereocenters. The van der Waals surface area contributed by atoms with Gasteiger partial charge in [-0.05, 0) is 24.3 Å². The third kappa shape index (κ3) is 3.12. The molecule has 1 aliphatic heterocycles. The second kappa shape index (κ2) is 6.20. The number of hydrogen-bond donors (Lipinski definition) is 1. The molecule has 0 spiro atoms. The predicted molar refractivity (Wildman–Crippen MR) is 87.7 cm³/mol. The Bertz CT molecular complexity index is 928. The van der Waals surface area contributed by atoms with Crippen molar-refractivity contribution in [3.8, 4) is 11.5 Å². The first-order valence-corrected chi connectivity index (χ1v) is 7.54. The van der Waals surface area contributed by atoms with Gasteiger partial charge in [-0.3, -0.25) is 4.79 Å². The smallest absolute Gasteiger partial charge is 0.374 e. The van der Waals surface area contributed by atoms with Crippen LogP contribution in [0.5, 0.6) is 11.5 Å². The molecular formula is C18H13NO6. The molecule has 0 bridgehead atoms. The minimum absolute atomic E-state index is 0.0529. The second-order valence-electron chi connectivity index (χ2n) is 5.34. The van der Waals surface area contributed by atoms with Gasteiger partial charge in [0.2, 0.25) is 12.6 Å². The van der Waals surface area contributed by atoms with Gasteiger partial charge in [-0.1, -0.05) is 18.2 Å². The number of nitrogens with one attached hydrogen (secondary N) is 1. The fourth-order valence-corrected chi connectivity index (χ4v) is 2.46. The van der Waals surface area contributed by atoms with E-state index in [-0.39, 0.29) is 12.6 Å². The largest absolute Gasteiger partial charge is 0.454 e. The fraction of sp³-hybridized carbons (Fsp3) is 0.111. The molecule has 1 aromatic heterocycles. The number of furan rings is 1.